The van der Waals surface area contributed by atoms with E-state index in [9.17, 15) is 4.79 Å². The van der Waals surface area contributed by atoms with Crippen molar-refractivity contribution in [2.75, 3.05) is 6.54 Å². The van der Waals surface area contributed by atoms with Gasteiger partial charge in [0.15, 0.2) is 6.10 Å². The number of rotatable bonds is 5. The number of aryl methyl sites for hydroxylation is 1. The van der Waals surface area contributed by atoms with Crippen LogP contribution in [0.2, 0.25) is 5.02 Å². The van der Waals surface area contributed by atoms with Crippen LogP contribution in [0.3, 0.4) is 0 Å². The van der Waals surface area contributed by atoms with E-state index in [4.69, 9.17) is 16.3 Å². The van der Waals surface area contributed by atoms with E-state index in [2.05, 4.69) is 5.32 Å². The van der Waals surface area contributed by atoms with Crippen LogP contribution in [0.25, 0.3) is 0 Å². The van der Waals surface area contributed by atoms with Crippen molar-refractivity contribution in [2.24, 2.45) is 5.92 Å². The Bertz CT molecular complexity index is 484. The molecule has 4 heteroatoms. The third kappa shape index (κ3) is 4.92. The summed E-state index contributed by atoms with van der Waals surface area (Å²) in [6.45, 7) is 4.49. The largest absolute Gasteiger partial charge is 0.479 e. The molecule has 1 aromatic rings. The molecule has 3 nitrogen and oxygen atoms in total. The lowest BCUT2D eigenvalue weighted by atomic mass is 9.89. The van der Waals surface area contributed by atoms with E-state index in [-0.39, 0.29) is 5.91 Å². The molecule has 0 bridgehead atoms. The third-order valence-corrected chi connectivity index (χ3v) is 4.36. The van der Waals surface area contributed by atoms with Gasteiger partial charge in [0.1, 0.15) is 5.75 Å². The quantitative estimate of drug-likeness (QED) is 0.889. The molecule has 21 heavy (non-hydrogen) atoms. The molecule has 1 fully saturated rings. The van der Waals surface area contributed by atoms with Gasteiger partial charge in [0.25, 0.3) is 5.91 Å². The van der Waals surface area contributed by atoms with Gasteiger partial charge >= 0.3 is 0 Å². The summed E-state index contributed by atoms with van der Waals surface area (Å²) in [7, 11) is 0. The van der Waals surface area contributed by atoms with Crippen LogP contribution in [0.15, 0.2) is 18.2 Å². The molecule has 1 aromatic carbocycles. The molecule has 0 spiro atoms. The number of hydrogen-bond acceptors (Lipinski definition) is 2. The Morgan fingerprint density at radius 2 is 2.10 bits per heavy atom. The number of halogens is 1. The predicted octanol–water partition coefficient (Wildman–Crippen LogP) is 4.11. The molecule has 1 amide bonds. The molecule has 0 aliphatic heterocycles. The molecule has 1 N–H and O–H groups in total. The van der Waals surface area contributed by atoms with Crippen molar-refractivity contribution >= 4 is 17.5 Å². The smallest absolute Gasteiger partial charge is 0.260 e. The van der Waals surface area contributed by atoms with Gasteiger partial charge in [0.05, 0.1) is 5.02 Å². The topological polar surface area (TPSA) is 38.3 Å². The lowest BCUT2D eigenvalue weighted by molar-refractivity contribution is -0.127. The zero-order valence-corrected chi connectivity index (χ0v) is 13.6. The maximum Gasteiger partial charge on any atom is 0.260 e. The molecule has 1 aliphatic carbocycles. The monoisotopic (exact) mass is 309 g/mol. The first-order valence-electron chi connectivity index (χ1n) is 7.77. The maximum atomic E-state index is 12.1. The fourth-order valence-electron chi connectivity index (χ4n) is 2.72. The summed E-state index contributed by atoms with van der Waals surface area (Å²) in [6.07, 6.45) is 5.80. The van der Waals surface area contributed by atoms with Gasteiger partial charge in [-0.2, -0.15) is 0 Å². The summed E-state index contributed by atoms with van der Waals surface area (Å²) >= 11 is 6.09. The Morgan fingerprint density at radius 1 is 1.38 bits per heavy atom. The summed E-state index contributed by atoms with van der Waals surface area (Å²) in [5.41, 5.74) is 1.06. The summed E-state index contributed by atoms with van der Waals surface area (Å²) in [4.78, 5) is 12.1. The van der Waals surface area contributed by atoms with Crippen molar-refractivity contribution < 1.29 is 9.53 Å². The van der Waals surface area contributed by atoms with Crippen LogP contribution in [0.4, 0.5) is 0 Å². The number of ether oxygens (including phenoxy) is 1. The third-order valence-electron chi connectivity index (χ3n) is 4.05. The van der Waals surface area contributed by atoms with E-state index in [1.807, 2.05) is 19.1 Å². The maximum absolute atomic E-state index is 12.1. The van der Waals surface area contributed by atoms with E-state index < -0.39 is 6.10 Å². The van der Waals surface area contributed by atoms with E-state index in [0.29, 0.717) is 16.7 Å². The fraction of sp³-hybridized carbons (Fsp3) is 0.588. The van der Waals surface area contributed by atoms with Crippen LogP contribution in [0.1, 0.15) is 44.6 Å². The Morgan fingerprint density at radius 3 is 2.81 bits per heavy atom. The van der Waals surface area contributed by atoms with Crippen LogP contribution >= 0.6 is 11.6 Å². The van der Waals surface area contributed by atoms with Gasteiger partial charge in [-0.15, -0.1) is 0 Å². The molecule has 1 atom stereocenters. The summed E-state index contributed by atoms with van der Waals surface area (Å²) in [5, 5.41) is 3.53. The lowest BCUT2D eigenvalue weighted by Crippen LogP contribution is -2.39. The molecule has 1 aliphatic rings. The molecular weight excluding hydrogens is 286 g/mol. The molecule has 0 aromatic heterocycles. The minimum absolute atomic E-state index is 0.0712. The molecule has 0 heterocycles. The van der Waals surface area contributed by atoms with Crippen molar-refractivity contribution in [1.82, 2.24) is 5.32 Å². The molecular formula is C17H24ClNO2. The van der Waals surface area contributed by atoms with Crippen molar-refractivity contribution in [2.45, 2.75) is 52.1 Å². The first-order valence-corrected chi connectivity index (χ1v) is 8.14. The zero-order chi connectivity index (χ0) is 15.2. The fourth-order valence-corrected chi connectivity index (χ4v) is 2.89. The number of benzene rings is 1. The molecule has 0 radical (unpaired) electrons. The average Bonchev–Trinajstić information content (AvgIpc) is 2.49. The first kappa shape index (κ1) is 16.2. The highest BCUT2D eigenvalue weighted by atomic mass is 35.5. The van der Waals surface area contributed by atoms with Crippen molar-refractivity contribution in [1.29, 1.82) is 0 Å². The van der Waals surface area contributed by atoms with Gasteiger partial charge in [-0.1, -0.05) is 36.9 Å². The van der Waals surface area contributed by atoms with E-state index in [1.165, 1.54) is 32.1 Å². The second-order valence-electron chi connectivity index (χ2n) is 5.94. The van der Waals surface area contributed by atoms with E-state index in [0.717, 1.165) is 12.1 Å². The molecule has 0 saturated heterocycles. The summed E-state index contributed by atoms with van der Waals surface area (Å²) in [6, 6.07) is 5.56. The summed E-state index contributed by atoms with van der Waals surface area (Å²) in [5.74, 6) is 1.12. The predicted molar refractivity (Wildman–Crippen MR) is 85.9 cm³/mol. The number of hydrogen-bond donors (Lipinski definition) is 1. The van der Waals surface area contributed by atoms with Crippen molar-refractivity contribution in [3.8, 4) is 5.75 Å². The number of carbonyl (C=O) groups excluding carboxylic acids is 1. The highest BCUT2D eigenvalue weighted by Gasteiger charge is 2.19. The Labute approximate surface area is 132 Å². The Kier molecular flexibility index (Phi) is 5.92. The molecule has 1 unspecified atom stereocenters. The van der Waals surface area contributed by atoms with E-state index in [1.54, 1.807) is 13.0 Å². The van der Waals surface area contributed by atoms with Crippen molar-refractivity contribution in [3.05, 3.63) is 28.8 Å². The summed E-state index contributed by atoms with van der Waals surface area (Å²) < 4.78 is 5.68. The van der Waals surface area contributed by atoms with Crippen LogP contribution in [-0.4, -0.2) is 18.6 Å². The second kappa shape index (κ2) is 7.69. The normalized spacial score (nSPS) is 17.3. The van der Waals surface area contributed by atoms with Gasteiger partial charge < -0.3 is 10.1 Å². The average molecular weight is 310 g/mol. The Balaban J connectivity index is 1.82. The first-order chi connectivity index (χ1) is 10.1. The van der Waals surface area contributed by atoms with E-state index >= 15 is 0 Å². The highest BCUT2D eigenvalue weighted by Crippen LogP contribution is 2.26. The molecule has 2 rings (SSSR count). The number of carbonyl (C=O) groups is 1. The number of amides is 1. The van der Waals surface area contributed by atoms with Gasteiger partial charge in [0, 0.05) is 6.54 Å². The molecule has 116 valence electrons. The standard InChI is InChI=1S/C17H24ClNO2/c1-12-8-9-15(18)16(10-12)21-13(2)17(20)19-11-14-6-4-3-5-7-14/h8-10,13-14H,3-7,11H2,1-2H3,(H,19,20). The van der Waals surface area contributed by atoms with Crippen molar-refractivity contribution in [3.63, 3.8) is 0 Å². The Hall–Kier alpha value is -1.22. The van der Waals surface area contributed by atoms with Gasteiger partial charge in [-0.3, -0.25) is 4.79 Å². The number of nitrogens with one attached hydrogen (secondary N) is 1. The second-order valence-corrected chi connectivity index (χ2v) is 6.35. The van der Waals surface area contributed by atoms with Crippen LogP contribution in [0.5, 0.6) is 5.75 Å². The van der Waals surface area contributed by atoms with Crippen LogP contribution in [-0.2, 0) is 4.79 Å². The lowest BCUT2D eigenvalue weighted by Gasteiger charge is -2.23. The minimum atomic E-state index is -0.534. The van der Waals surface area contributed by atoms with Gasteiger partial charge in [-0.05, 0) is 50.3 Å². The SMILES string of the molecule is Cc1ccc(Cl)c(OC(C)C(=O)NCC2CCCCC2)c1. The zero-order valence-electron chi connectivity index (χ0n) is 12.8. The minimum Gasteiger partial charge on any atom is -0.479 e. The van der Waals surface area contributed by atoms with Gasteiger partial charge in [-0.25, -0.2) is 0 Å². The van der Waals surface area contributed by atoms with Crippen LogP contribution < -0.4 is 10.1 Å². The van der Waals surface area contributed by atoms with Crippen LogP contribution in [0, 0.1) is 12.8 Å². The molecule has 1 saturated carbocycles. The van der Waals surface area contributed by atoms with Gasteiger partial charge in [0.2, 0.25) is 0 Å². The highest BCUT2D eigenvalue weighted by molar-refractivity contribution is 6.32.